The van der Waals surface area contributed by atoms with Gasteiger partial charge in [-0.05, 0) is 45.2 Å². The number of piperidine rings is 1. The van der Waals surface area contributed by atoms with E-state index >= 15 is 0 Å². The number of hydrogen-bond donors (Lipinski definition) is 0. The fourth-order valence-corrected chi connectivity index (χ4v) is 3.89. The second-order valence-electron chi connectivity index (χ2n) is 7.09. The first-order valence-electron chi connectivity index (χ1n) is 8.86. The molecular formula is C19H25N3O3. The van der Waals surface area contributed by atoms with Crippen molar-refractivity contribution in [1.82, 2.24) is 9.80 Å². The van der Waals surface area contributed by atoms with E-state index in [2.05, 4.69) is 13.8 Å². The van der Waals surface area contributed by atoms with Gasteiger partial charge in [-0.25, -0.2) is 0 Å². The maximum Gasteiger partial charge on any atom is 0.256 e. The maximum atomic E-state index is 13.0. The number of amides is 3. The van der Waals surface area contributed by atoms with Crippen molar-refractivity contribution >= 4 is 23.4 Å². The molecule has 2 aliphatic rings. The minimum absolute atomic E-state index is 0.0219. The molecule has 1 fully saturated rings. The Morgan fingerprint density at radius 2 is 1.76 bits per heavy atom. The molecule has 0 aromatic heterocycles. The van der Waals surface area contributed by atoms with Crippen LogP contribution in [0.3, 0.4) is 0 Å². The Morgan fingerprint density at radius 3 is 2.44 bits per heavy atom. The van der Waals surface area contributed by atoms with Gasteiger partial charge < -0.3 is 14.7 Å². The molecule has 0 radical (unpaired) electrons. The Morgan fingerprint density at radius 1 is 1.12 bits per heavy atom. The van der Waals surface area contributed by atoms with Crippen LogP contribution in [0.25, 0.3) is 0 Å². The maximum absolute atomic E-state index is 13.0. The van der Waals surface area contributed by atoms with E-state index in [0.717, 1.165) is 19.3 Å². The molecule has 1 aromatic rings. The molecule has 0 bridgehead atoms. The predicted molar refractivity (Wildman–Crippen MR) is 95.4 cm³/mol. The third-order valence-electron chi connectivity index (χ3n) is 5.22. The minimum Gasteiger partial charge on any atom is -0.336 e. The number of hydrogen-bond acceptors (Lipinski definition) is 3. The van der Waals surface area contributed by atoms with Gasteiger partial charge in [-0.1, -0.05) is 12.1 Å². The van der Waals surface area contributed by atoms with Crippen LogP contribution in [0.15, 0.2) is 24.3 Å². The van der Waals surface area contributed by atoms with Gasteiger partial charge in [0.15, 0.2) is 0 Å². The molecule has 0 saturated carbocycles. The zero-order valence-corrected chi connectivity index (χ0v) is 15.1. The number of fused-ring (bicyclic) bond motifs is 1. The molecular weight excluding hydrogens is 318 g/mol. The first-order valence-corrected chi connectivity index (χ1v) is 8.86. The van der Waals surface area contributed by atoms with Crippen molar-refractivity contribution < 1.29 is 14.4 Å². The zero-order valence-electron chi connectivity index (χ0n) is 15.1. The summed E-state index contributed by atoms with van der Waals surface area (Å²) in [6.45, 7) is 4.07. The molecule has 6 nitrogen and oxygen atoms in total. The lowest BCUT2D eigenvalue weighted by Gasteiger charge is -2.40. The van der Waals surface area contributed by atoms with Crippen molar-refractivity contribution in [3.05, 3.63) is 29.8 Å². The van der Waals surface area contributed by atoms with Gasteiger partial charge in [-0.2, -0.15) is 0 Å². The van der Waals surface area contributed by atoms with Crippen LogP contribution in [-0.4, -0.2) is 59.7 Å². The van der Waals surface area contributed by atoms with Gasteiger partial charge in [-0.15, -0.1) is 0 Å². The Balaban J connectivity index is 1.90. The molecule has 134 valence electrons. The topological polar surface area (TPSA) is 60.9 Å². The monoisotopic (exact) mass is 343 g/mol. The van der Waals surface area contributed by atoms with Gasteiger partial charge >= 0.3 is 0 Å². The van der Waals surface area contributed by atoms with Crippen molar-refractivity contribution in [2.24, 2.45) is 0 Å². The van der Waals surface area contributed by atoms with Gasteiger partial charge in [0.2, 0.25) is 11.8 Å². The quantitative estimate of drug-likeness (QED) is 0.824. The number of carbonyl (C=O) groups excluding carboxylic acids is 3. The molecule has 2 atom stereocenters. The fourth-order valence-electron chi connectivity index (χ4n) is 3.89. The smallest absolute Gasteiger partial charge is 0.256 e. The van der Waals surface area contributed by atoms with Crippen molar-refractivity contribution in [3.8, 4) is 0 Å². The Hall–Kier alpha value is -2.37. The van der Waals surface area contributed by atoms with Gasteiger partial charge in [0.1, 0.15) is 13.1 Å². The van der Waals surface area contributed by atoms with Crippen molar-refractivity contribution in [3.63, 3.8) is 0 Å². The van der Waals surface area contributed by atoms with Gasteiger partial charge in [-0.3, -0.25) is 14.4 Å². The molecule has 2 aliphatic heterocycles. The number of likely N-dealkylation sites (tertiary alicyclic amines) is 1. The molecule has 3 amide bonds. The van der Waals surface area contributed by atoms with Gasteiger partial charge in [0.25, 0.3) is 5.91 Å². The van der Waals surface area contributed by atoms with Crippen LogP contribution < -0.4 is 4.90 Å². The highest BCUT2D eigenvalue weighted by Gasteiger charge is 2.34. The lowest BCUT2D eigenvalue weighted by molar-refractivity contribution is -0.136. The van der Waals surface area contributed by atoms with Crippen LogP contribution in [0, 0.1) is 0 Å². The number of rotatable bonds is 2. The summed E-state index contributed by atoms with van der Waals surface area (Å²) in [6.07, 6.45) is 3.10. The van der Waals surface area contributed by atoms with Crippen LogP contribution >= 0.6 is 0 Å². The molecule has 1 saturated heterocycles. The lowest BCUT2D eigenvalue weighted by atomic mass is 9.97. The highest BCUT2D eigenvalue weighted by Crippen LogP contribution is 2.27. The summed E-state index contributed by atoms with van der Waals surface area (Å²) < 4.78 is 0. The standard InChI is InChI=1S/C19H25N3O3/c1-13-7-6-8-14(2)22(13)18(24)12-21-16-10-5-4-9-15(16)19(25)20(3)11-17(21)23/h4-5,9-10,13-14H,6-8,11-12H2,1-3H3. The molecule has 3 rings (SSSR count). The Kier molecular flexibility index (Phi) is 4.79. The minimum atomic E-state index is -0.230. The lowest BCUT2D eigenvalue weighted by Crippen LogP contribution is -2.52. The third kappa shape index (κ3) is 3.25. The van der Waals surface area contributed by atoms with Gasteiger partial charge in [0, 0.05) is 19.1 Å². The fraction of sp³-hybridized carbons (Fsp3) is 0.526. The van der Waals surface area contributed by atoms with E-state index in [1.807, 2.05) is 4.90 Å². The molecule has 2 unspecified atom stereocenters. The molecule has 0 spiro atoms. The Bertz CT molecular complexity index is 693. The summed E-state index contributed by atoms with van der Waals surface area (Å²) in [5.41, 5.74) is 0.982. The van der Waals surface area contributed by atoms with E-state index in [1.165, 1.54) is 9.80 Å². The summed E-state index contributed by atoms with van der Waals surface area (Å²) >= 11 is 0. The van der Waals surface area contributed by atoms with E-state index in [1.54, 1.807) is 31.3 Å². The van der Waals surface area contributed by atoms with Crippen molar-refractivity contribution in [1.29, 1.82) is 0 Å². The largest absolute Gasteiger partial charge is 0.336 e. The molecule has 6 heteroatoms. The predicted octanol–water partition coefficient (Wildman–Crippen LogP) is 1.89. The number of benzene rings is 1. The molecule has 0 N–H and O–H groups in total. The summed E-state index contributed by atoms with van der Waals surface area (Å²) in [7, 11) is 1.61. The van der Waals surface area contributed by atoms with Crippen LogP contribution in [0.5, 0.6) is 0 Å². The summed E-state index contributed by atoms with van der Waals surface area (Å²) in [5, 5.41) is 0. The summed E-state index contributed by atoms with van der Waals surface area (Å²) in [4.78, 5) is 42.9. The highest BCUT2D eigenvalue weighted by molar-refractivity contribution is 6.11. The highest BCUT2D eigenvalue weighted by atomic mass is 16.2. The van der Waals surface area contributed by atoms with Gasteiger partial charge in [0.05, 0.1) is 11.3 Å². The number of carbonyl (C=O) groups is 3. The van der Waals surface area contributed by atoms with Crippen molar-refractivity contribution in [2.45, 2.75) is 45.2 Å². The number of nitrogens with zero attached hydrogens (tertiary/aromatic N) is 3. The molecule has 2 heterocycles. The number of para-hydroxylation sites is 1. The SMILES string of the molecule is CC1CCCC(C)N1C(=O)CN1C(=O)CN(C)C(=O)c2ccccc21. The second-order valence-corrected chi connectivity index (χ2v) is 7.09. The van der Waals surface area contributed by atoms with E-state index in [9.17, 15) is 14.4 Å². The van der Waals surface area contributed by atoms with E-state index in [-0.39, 0.29) is 42.9 Å². The molecule has 0 aliphatic carbocycles. The average molecular weight is 343 g/mol. The third-order valence-corrected chi connectivity index (χ3v) is 5.22. The molecule has 25 heavy (non-hydrogen) atoms. The van der Waals surface area contributed by atoms with Crippen LogP contribution in [0.4, 0.5) is 5.69 Å². The first-order chi connectivity index (χ1) is 11.9. The first kappa shape index (κ1) is 17.5. The number of likely N-dealkylation sites (N-methyl/N-ethyl adjacent to an activating group) is 1. The number of anilines is 1. The second kappa shape index (κ2) is 6.86. The van der Waals surface area contributed by atoms with Crippen LogP contribution in [0.2, 0.25) is 0 Å². The summed E-state index contributed by atoms with van der Waals surface area (Å²) in [5.74, 6) is -0.482. The van der Waals surface area contributed by atoms with E-state index < -0.39 is 0 Å². The zero-order chi connectivity index (χ0) is 18.1. The van der Waals surface area contributed by atoms with Crippen molar-refractivity contribution in [2.75, 3.05) is 25.0 Å². The normalized spacial score (nSPS) is 24.2. The van der Waals surface area contributed by atoms with Crippen LogP contribution in [-0.2, 0) is 9.59 Å². The average Bonchev–Trinajstić information content (AvgIpc) is 2.66. The van der Waals surface area contributed by atoms with E-state index in [4.69, 9.17) is 0 Å². The van der Waals surface area contributed by atoms with Crippen LogP contribution in [0.1, 0.15) is 43.5 Å². The Labute approximate surface area is 148 Å². The molecule has 1 aromatic carbocycles. The summed E-state index contributed by atoms with van der Waals surface area (Å²) in [6, 6.07) is 7.36. The van der Waals surface area contributed by atoms with E-state index in [0.29, 0.717) is 11.3 Å².